The number of carbonyl (C=O) groups is 1. The normalized spacial score (nSPS) is 20.7. The van der Waals surface area contributed by atoms with Gasteiger partial charge in [0.05, 0.1) is 24.4 Å². The standard InChI is InChI=1S/C27H26N2O3/c1-32-23-15-7-13-21(26(23)30)24-19-11-5-10-18(19)20-12-6-14-22(25(20)29-24)27(31)28-16-17-8-3-2-4-9-17/h2-10,12-15,18-19,24,29-30H,11,16H2,1H3,(H,28,31). The zero-order chi connectivity index (χ0) is 22.1. The number of phenols is 1. The van der Waals surface area contributed by atoms with E-state index in [2.05, 4.69) is 28.9 Å². The summed E-state index contributed by atoms with van der Waals surface area (Å²) in [6.07, 6.45) is 5.32. The zero-order valence-electron chi connectivity index (χ0n) is 17.9. The SMILES string of the molecule is COc1cccc(C2Nc3c(C(=O)NCc4ccccc4)cccc3C3C=CCC32)c1O. The molecule has 2 aliphatic rings. The predicted molar refractivity (Wildman–Crippen MR) is 125 cm³/mol. The number of fused-ring (bicyclic) bond motifs is 3. The molecule has 3 N–H and O–H groups in total. The van der Waals surface area contributed by atoms with Gasteiger partial charge in [-0.2, -0.15) is 0 Å². The molecule has 0 saturated carbocycles. The number of aromatic hydroxyl groups is 1. The lowest BCUT2D eigenvalue weighted by molar-refractivity contribution is 0.0951. The molecule has 0 fully saturated rings. The van der Waals surface area contributed by atoms with Gasteiger partial charge in [-0.15, -0.1) is 0 Å². The van der Waals surface area contributed by atoms with E-state index in [9.17, 15) is 9.90 Å². The summed E-state index contributed by atoms with van der Waals surface area (Å²) < 4.78 is 5.34. The number of para-hydroxylation sites is 2. The van der Waals surface area contributed by atoms with E-state index in [-0.39, 0.29) is 29.5 Å². The van der Waals surface area contributed by atoms with Crippen LogP contribution in [0, 0.1) is 5.92 Å². The number of amides is 1. The lowest BCUT2D eigenvalue weighted by Gasteiger charge is -2.38. The van der Waals surface area contributed by atoms with Crippen molar-refractivity contribution >= 4 is 11.6 Å². The Balaban J connectivity index is 1.50. The molecule has 0 bridgehead atoms. The van der Waals surface area contributed by atoms with Crippen LogP contribution >= 0.6 is 0 Å². The molecule has 32 heavy (non-hydrogen) atoms. The Morgan fingerprint density at radius 1 is 1.06 bits per heavy atom. The minimum atomic E-state index is -0.138. The van der Waals surface area contributed by atoms with Crippen molar-refractivity contribution in [3.63, 3.8) is 0 Å². The Labute approximate surface area is 187 Å². The van der Waals surface area contributed by atoms with Gasteiger partial charge in [-0.25, -0.2) is 0 Å². The number of nitrogens with one attached hydrogen (secondary N) is 2. The van der Waals surface area contributed by atoms with Crippen molar-refractivity contribution in [3.8, 4) is 11.5 Å². The minimum absolute atomic E-state index is 0.118. The number of phenolic OH excluding ortho intramolecular Hbond substituents is 1. The van der Waals surface area contributed by atoms with Gasteiger partial charge in [0.15, 0.2) is 11.5 Å². The topological polar surface area (TPSA) is 70.6 Å². The number of hydrogen-bond donors (Lipinski definition) is 3. The Bertz CT molecular complexity index is 1170. The second-order valence-corrected chi connectivity index (χ2v) is 8.31. The fourth-order valence-electron chi connectivity index (χ4n) is 4.95. The molecule has 0 saturated heterocycles. The molecule has 5 rings (SSSR count). The highest BCUT2D eigenvalue weighted by Crippen LogP contribution is 2.52. The van der Waals surface area contributed by atoms with Gasteiger partial charge in [0, 0.05) is 18.0 Å². The van der Waals surface area contributed by atoms with Crippen LogP contribution in [0.2, 0.25) is 0 Å². The predicted octanol–water partition coefficient (Wildman–Crippen LogP) is 5.16. The van der Waals surface area contributed by atoms with Gasteiger partial charge < -0.3 is 20.5 Å². The summed E-state index contributed by atoms with van der Waals surface area (Å²) in [4.78, 5) is 13.2. The molecule has 3 unspecified atom stereocenters. The Morgan fingerprint density at radius 3 is 2.66 bits per heavy atom. The summed E-state index contributed by atoms with van der Waals surface area (Å²) in [7, 11) is 1.55. The van der Waals surface area contributed by atoms with Crippen LogP contribution in [0.5, 0.6) is 11.5 Å². The molecule has 1 aliphatic carbocycles. The maximum atomic E-state index is 13.2. The van der Waals surface area contributed by atoms with E-state index < -0.39 is 0 Å². The van der Waals surface area contributed by atoms with Crippen LogP contribution in [0.15, 0.2) is 78.9 Å². The second-order valence-electron chi connectivity index (χ2n) is 8.31. The fraction of sp³-hybridized carbons (Fsp3) is 0.222. The van der Waals surface area contributed by atoms with Gasteiger partial charge in [0.2, 0.25) is 0 Å². The van der Waals surface area contributed by atoms with Crippen LogP contribution in [-0.2, 0) is 6.54 Å². The van der Waals surface area contributed by atoms with Gasteiger partial charge in [-0.05, 0) is 35.6 Å². The van der Waals surface area contributed by atoms with Crippen LogP contribution in [0.1, 0.15) is 45.4 Å². The van der Waals surface area contributed by atoms with Crippen LogP contribution in [0.4, 0.5) is 5.69 Å². The van der Waals surface area contributed by atoms with Crippen molar-refractivity contribution in [2.75, 3.05) is 12.4 Å². The summed E-state index contributed by atoms with van der Waals surface area (Å²) in [5, 5.41) is 17.5. The average molecular weight is 427 g/mol. The van der Waals surface area contributed by atoms with Gasteiger partial charge in [0.25, 0.3) is 5.91 Å². The first-order valence-electron chi connectivity index (χ1n) is 10.9. The maximum Gasteiger partial charge on any atom is 0.253 e. The van der Waals surface area contributed by atoms with Gasteiger partial charge in [-0.3, -0.25) is 4.79 Å². The van der Waals surface area contributed by atoms with Crippen LogP contribution in [-0.4, -0.2) is 18.1 Å². The number of methoxy groups -OCH3 is 1. The van der Waals surface area contributed by atoms with Gasteiger partial charge in [0.1, 0.15) is 0 Å². The third-order valence-electron chi connectivity index (χ3n) is 6.52. The van der Waals surface area contributed by atoms with Crippen LogP contribution < -0.4 is 15.4 Å². The van der Waals surface area contributed by atoms with Crippen LogP contribution in [0.25, 0.3) is 0 Å². The van der Waals surface area contributed by atoms with E-state index in [1.54, 1.807) is 13.2 Å². The molecule has 5 heteroatoms. The molecule has 162 valence electrons. The average Bonchev–Trinajstić information content (AvgIpc) is 3.33. The smallest absolute Gasteiger partial charge is 0.253 e. The number of carbonyl (C=O) groups excluding carboxylic acids is 1. The third-order valence-corrected chi connectivity index (χ3v) is 6.52. The van der Waals surface area contributed by atoms with E-state index in [1.807, 2.05) is 54.6 Å². The largest absolute Gasteiger partial charge is 0.504 e. The Kier molecular flexibility index (Phi) is 5.31. The Morgan fingerprint density at radius 2 is 1.84 bits per heavy atom. The highest BCUT2D eigenvalue weighted by Gasteiger charge is 2.40. The van der Waals surface area contributed by atoms with Crippen molar-refractivity contribution in [2.45, 2.75) is 24.9 Å². The number of hydrogen-bond acceptors (Lipinski definition) is 4. The third kappa shape index (κ3) is 3.50. The number of anilines is 1. The number of allylic oxidation sites excluding steroid dienone is 2. The summed E-state index contributed by atoms with van der Waals surface area (Å²) in [6, 6.07) is 21.2. The molecule has 5 nitrogen and oxygen atoms in total. The zero-order valence-corrected chi connectivity index (χ0v) is 17.9. The van der Waals surface area contributed by atoms with E-state index in [1.165, 1.54) is 0 Å². The molecule has 1 aliphatic heterocycles. The summed E-state index contributed by atoms with van der Waals surface area (Å²) in [5.74, 6) is 0.915. The number of ether oxygens (including phenoxy) is 1. The summed E-state index contributed by atoms with van der Waals surface area (Å²) in [5.41, 5.74) is 4.40. The number of rotatable bonds is 5. The van der Waals surface area contributed by atoms with Crippen LogP contribution in [0.3, 0.4) is 0 Å². The molecule has 0 aromatic heterocycles. The molecule has 0 radical (unpaired) electrons. The highest BCUT2D eigenvalue weighted by atomic mass is 16.5. The van der Waals surface area contributed by atoms with Crippen molar-refractivity contribution in [1.29, 1.82) is 0 Å². The molecule has 3 aromatic rings. The number of benzene rings is 3. The van der Waals surface area contributed by atoms with Crippen molar-refractivity contribution in [2.24, 2.45) is 5.92 Å². The van der Waals surface area contributed by atoms with Crippen molar-refractivity contribution in [1.82, 2.24) is 5.32 Å². The summed E-state index contributed by atoms with van der Waals surface area (Å²) in [6.45, 7) is 0.468. The van der Waals surface area contributed by atoms with E-state index >= 15 is 0 Å². The monoisotopic (exact) mass is 426 g/mol. The first kappa shape index (κ1) is 20.2. The minimum Gasteiger partial charge on any atom is -0.504 e. The maximum absolute atomic E-state index is 13.2. The Hall–Kier alpha value is -3.73. The first-order valence-corrected chi connectivity index (χ1v) is 10.9. The van der Waals surface area contributed by atoms with Crippen molar-refractivity contribution < 1.29 is 14.6 Å². The molecule has 3 aromatic carbocycles. The van der Waals surface area contributed by atoms with E-state index in [0.29, 0.717) is 17.9 Å². The molecular formula is C27H26N2O3. The molecular weight excluding hydrogens is 400 g/mol. The molecule has 0 spiro atoms. The lowest BCUT2D eigenvalue weighted by Crippen LogP contribution is -2.32. The second kappa shape index (κ2) is 8.42. The summed E-state index contributed by atoms with van der Waals surface area (Å²) >= 11 is 0. The van der Waals surface area contributed by atoms with E-state index in [0.717, 1.165) is 28.8 Å². The van der Waals surface area contributed by atoms with Gasteiger partial charge in [-0.1, -0.05) is 66.7 Å². The lowest BCUT2D eigenvalue weighted by atomic mass is 9.76. The molecule has 1 amide bonds. The van der Waals surface area contributed by atoms with Gasteiger partial charge >= 0.3 is 0 Å². The molecule has 3 atom stereocenters. The first-order chi connectivity index (χ1) is 15.7. The quantitative estimate of drug-likeness (QED) is 0.493. The van der Waals surface area contributed by atoms with Crippen molar-refractivity contribution in [3.05, 3.63) is 101 Å². The fourth-order valence-corrected chi connectivity index (χ4v) is 4.95. The van der Waals surface area contributed by atoms with E-state index in [4.69, 9.17) is 4.74 Å². The highest BCUT2D eigenvalue weighted by molar-refractivity contribution is 6.00. The molecule has 1 heterocycles.